The van der Waals surface area contributed by atoms with E-state index in [4.69, 9.17) is 15.2 Å². The van der Waals surface area contributed by atoms with Crippen LogP contribution in [0.2, 0.25) is 0 Å². The molecule has 0 radical (unpaired) electrons. The molecule has 1 aromatic rings. The van der Waals surface area contributed by atoms with Crippen LogP contribution < -0.4 is 20.5 Å². The Labute approximate surface area is 167 Å². The van der Waals surface area contributed by atoms with Crippen molar-refractivity contribution in [1.82, 2.24) is 10.2 Å². The Morgan fingerprint density at radius 1 is 1.26 bits per heavy atom. The van der Waals surface area contributed by atoms with Gasteiger partial charge in [0.1, 0.15) is 0 Å². The second kappa shape index (κ2) is 11.7. The molecule has 152 valence electrons. The predicted octanol–water partition coefficient (Wildman–Crippen LogP) is 1.37. The Balaban J connectivity index is 0.00000364. The van der Waals surface area contributed by atoms with E-state index in [1.165, 1.54) is 0 Å². The smallest absolute Gasteiger partial charge is 0.225 e. The molecule has 1 heterocycles. The van der Waals surface area contributed by atoms with Gasteiger partial charge in [0.2, 0.25) is 11.8 Å². The van der Waals surface area contributed by atoms with Crippen molar-refractivity contribution in [2.24, 2.45) is 11.7 Å². The maximum absolute atomic E-state index is 12.2. The van der Waals surface area contributed by atoms with Crippen molar-refractivity contribution in [3.8, 4) is 11.5 Å². The Bertz CT molecular complexity index is 627. The molecule has 1 aliphatic heterocycles. The SMILES string of the molecule is COc1ccc(CCN2CC(C(=O)NCCCCN)CC2=O)cc1OC.Cl. The third-order valence-electron chi connectivity index (χ3n) is 4.63. The number of unbranched alkanes of at least 4 members (excludes halogenated alkanes) is 1. The molecule has 1 aliphatic rings. The number of carbonyl (C=O) groups is 2. The first-order chi connectivity index (χ1) is 12.6. The number of likely N-dealkylation sites (tertiary alicyclic amines) is 1. The van der Waals surface area contributed by atoms with Gasteiger partial charge in [-0.3, -0.25) is 9.59 Å². The summed E-state index contributed by atoms with van der Waals surface area (Å²) < 4.78 is 10.5. The lowest BCUT2D eigenvalue weighted by atomic mass is 10.1. The lowest BCUT2D eigenvalue weighted by Crippen LogP contribution is -2.34. The van der Waals surface area contributed by atoms with Crippen molar-refractivity contribution in [1.29, 1.82) is 0 Å². The summed E-state index contributed by atoms with van der Waals surface area (Å²) in [5, 5.41) is 2.90. The van der Waals surface area contributed by atoms with E-state index in [9.17, 15) is 9.59 Å². The molecule has 8 heteroatoms. The number of carbonyl (C=O) groups excluding carboxylic acids is 2. The van der Waals surface area contributed by atoms with Gasteiger partial charge >= 0.3 is 0 Å². The molecule has 0 bridgehead atoms. The topological polar surface area (TPSA) is 93.9 Å². The fraction of sp³-hybridized carbons (Fsp3) is 0.579. The molecule has 1 saturated heterocycles. The van der Waals surface area contributed by atoms with Gasteiger partial charge in [0.25, 0.3) is 0 Å². The molecule has 2 rings (SSSR count). The van der Waals surface area contributed by atoms with Crippen molar-refractivity contribution in [3.63, 3.8) is 0 Å². The Kier molecular flexibility index (Phi) is 9.96. The normalized spacial score (nSPS) is 16.0. The molecule has 1 atom stereocenters. The molecule has 0 aliphatic carbocycles. The summed E-state index contributed by atoms with van der Waals surface area (Å²) in [6, 6.07) is 5.74. The van der Waals surface area contributed by atoms with Crippen LogP contribution in [0.3, 0.4) is 0 Å². The van der Waals surface area contributed by atoms with E-state index in [2.05, 4.69) is 5.32 Å². The van der Waals surface area contributed by atoms with Gasteiger partial charge in [-0.1, -0.05) is 6.07 Å². The minimum atomic E-state index is -0.259. The number of ether oxygens (including phenoxy) is 2. The van der Waals surface area contributed by atoms with E-state index in [0.717, 1.165) is 18.4 Å². The molecule has 27 heavy (non-hydrogen) atoms. The summed E-state index contributed by atoms with van der Waals surface area (Å²) in [6.45, 7) is 2.31. The number of halogens is 1. The number of hydrogen-bond acceptors (Lipinski definition) is 5. The number of hydrogen-bond donors (Lipinski definition) is 2. The molecule has 0 saturated carbocycles. The van der Waals surface area contributed by atoms with E-state index in [-0.39, 0.29) is 36.6 Å². The van der Waals surface area contributed by atoms with Gasteiger partial charge in [-0.05, 0) is 43.5 Å². The fourth-order valence-corrected chi connectivity index (χ4v) is 3.09. The Hall–Kier alpha value is -1.99. The summed E-state index contributed by atoms with van der Waals surface area (Å²) in [7, 11) is 3.20. The lowest BCUT2D eigenvalue weighted by molar-refractivity contribution is -0.129. The third-order valence-corrected chi connectivity index (χ3v) is 4.63. The first kappa shape index (κ1) is 23.0. The highest BCUT2D eigenvalue weighted by Gasteiger charge is 2.33. The highest BCUT2D eigenvalue weighted by molar-refractivity contribution is 5.89. The zero-order valence-corrected chi connectivity index (χ0v) is 16.8. The molecule has 1 aromatic carbocycles. The number of rotatable bonds is 10. The highest BCUT2D eigenvalue weighted by Crippen LogP contribution is 2.28. The maximum atomic E-state index is 12.2. The largest absolute Gasteiger partial charge is 0.493 e. The Morgan fingerprint density at radius 2 is 2.00 bits per heavy atom. The lowest BCUT2D eigenvalue weighted by Gasteiger charge is -2.17. The number of amides is 2. The van der Waals surface area contributed by atoms with E-state index in [1.807, 2.05) is 18.2 Å². The monoisotopic (exact) mass is 399 g/mol. The van der Waals surface area contributed by atoms with Crippen LogP contribution >= 0.6 is 12.4 Å². The van der Waals surface area contributed by atoms with Gasteiger partial charge in [-0.2, -0.15) is 0 Å². The molecule has 0 spiro atoms. The molecular formula is C19H30ClN3O4. The zero-order chi connectivity index (χ0) is 18.9. The number of benzene rings is 1. The van der Waals surface area contributed by atoms with Gasteiger partial charge in [-0.15, -0.1) is 12.4 Å². The first-order valence-electron chi connectivity index (χ1n) is 9.05. The highest BCUT2D eigenvalue weighted by atomic mass is 35.5. The average molecular weight is 400 g/mol. The van der Waals surface area contributed by atoms with Crippen molar-refractivity contribution >= 4 is 24.2 Å². The molecule has 2 amide bonds. The number of methoxy groups -OCH3 is 2. The van der Waals surface area contributed by atoms with Crippen LogP contribution in [0.15, 0.2) is 18.2 Å². The van der Waals surface area contributed by atoms with E-state index in [0.29, 0.717) is 44.1 Å². The van der Waals surface area contributed by atoms with Crippen LogP contribution in [-0.2, 0) is 16.0 Å². The standard InChI is InChI=1S/C19H29N3O4.ClH/c1-25-16-6-5-14(11-17(16)26-2)7-10-22-13-15(12-18(22)23)19(24)21-9-4-3-8-20;/h5-6,11,15H,3-4,7-10,12-13,20H2,1-2H3,(H,21,24);1H. The Morgan fingerprint density at radius 3 is 2.67 bits per heavy atom. The summed E-state index contributed by atoms with van der Waals surface area (Å²) in [6.07, 6.45) is 2.75. The van der Waals surface area contributed by atoms with Gasteiger partial charge in [-0.25, -0.2) is 0 Å². The quantitative estimate of drug-likeness (QED) is 0.579. The van der Waals surface area contributed by atoms with Crippen molar-refractivity contribution in [2.75, 3.05) is 40.4 Å². The summed E-state index contributed by atoms with van der Waals surface area (Å²) in [4.78, 5) is 26.1. The summed E-state index contributed by atoms with van der Waals surface area (Å²) in [5.41, 5.74) is 6.50. The number of nitrogens with one attached hydrogen (secondary N) is 1. The van der Waals surface area contributed by atoms with Crippen LogP contribution in [0.5, 0.6) is 11.5 Å². The number of nitrogens with zero attached hydrogens (tertiary/aromatic N) is 1. The van der Waals surface area contributed by atoms with Crippen LogP contribution in [0.4, 0.5) is 0 Å². The summed E-state index contributed by atoms with van der Waals surface area (Å²) >= 11 is 0. The molecule has 3 N–H and O–H groups in total. The second-order valence-electron chi connectivity index (χ2n) is 6.47. The maximum Gasteiger partial charge on any atom is 0.225 e. The van der Waals surface area contributed by atoms with Crippen molar-refractivity contribution in [3.05, 3.63) is 23.8 Å². The third kappa shape index (κ3) is 6.59. The predicted molar refractivity (Wildman–Crippen MR) is 106 cm³/mol. The molecule has 1 unspecified atom stereocenters. The van der Waals surface area contributed by atoms with Gasteiger partial charge in [0, 0.05) is 26.1 Å². The molecule has 7 nitrogen and oxygen atoms in total. The second-order valence-corrected chi connectivity index (χ2v) is 6.47. The molecular weight excluding hydrogens is 370 g/mol. The van der Waals surface area contributed by atoms with Crippen molar-refractivity contribution < 1.29 is 19.1 Å². The average Bonchev–Trinajstić information content (AvgIpc) is 3.04. The molecule has 1 fully saturated rings. The zero-order valence-electron chi connectivity index (χ0n) is 16.0. The van der Waals surface area contributed by atoms with Gasteiger partial charge in [0.05, 0.1) is 20.1 Å². The van der Waals surface area contributed by atoms with E-state index in [1.54, 1.807) is 19.1 Å². The minimum Gasteiger partial charge on any atom is -0.493 e. The minimum absolute atomic E-state index is 0. The van der Waals surface area contributed by atoms with Crippen LogP contribution in [0, 0.1) is 5.92 Å². The van der Waals surface area contributed by atoms with Crippen LogP contribution in [0.25, 0.3) is 0 Å². The van der Waals surface area contributed by atoms with Gasteiger partial charge in [0.15, 0.2) is 11.5 Å². The van der Waals surface area contributed by atoms with E-state index < -0.39 is 0 Å². The van der Waals surface area contributed by atoms with Gasteiger partial charge < -0.3 is 25.4 Å². The van der Waals surface area contributed by atoms with E-state index >= 15 is 0 Å². The molecule has 0 aromatic heterocycles. The first-order valence-corrected chi connectivity index (χ1v) is 9.05. The van der Waals surface area contributed by atoms with Crippen LogP contribution in [0.1, 0.15) is 24.8 Å². The van der Waals surface area contributed by atoms with Crippen molar-refractivity contribution in [2.45, 2.75) is 25.7 Å². The number of nitrogens with two attached hydrogens (primary N) is 1. The fourth-order valence-electron chi connectivity index (χ4n) is 3.09. The van der Waals surface area contributed by atoms with Crippen LogP contribution in [-0.4, -0.2) is 57.1 Å². The summed E-state index contributed by atoms with van der Waals surface area (Å²) in [5.74, 6) is 1.09.